The van der Waals surface area contributed by atoms with Gasteiger partial charge in [-0.05, 0) is 31.7 Å². The van der Waals surface area contributed by atoms with Crippen LogP contribution in [-0.2, 0) is 24.3 Å². The second kappa shape index (κ2) is 6.64. The van der Waals surface area contributed by atoms with Crippen molar-refractivity contribution in [2.75, 3.05) is 0 Å². The number of hydrogen-bond acceptors (Lipinski definition) is 4. The van der Waals surface area contributed by atoms with Gasteiger partial charge < -0.3 is 9.67 Å². The topological polar surface area (TPSA) is 90.0 Å². The molecule has 0 bridgehead atoms. The number of aromatic nitrogens is 4. The molecule has 4 rings (SSSR count). The Hall–Kier alpha value is -2.96. The van der Waals surface area contributed by atoms with Crippen molar-refractivity contribution in [2.24, 2.45) is 0 Å². The summed E-state index contributed by atoms with van der Waals surface area (Å²) in [5.41, 5.74) is 2.82. The summed E-state index contributed by atoms with van der Waals surface area (Å²) < 4.78 is 3.48. The third-order valence-corrected chi connectivity index (χ3v) is 5.05. The van der Waals surface area contributed by atoms with Crippen molar-refractivity contribution in [3.8, 4) is 0 Å². The van der Waals surface area contributed by atoms with Crippen molar-refractivity contribution in [3.05, 3.63) is 47.2 Å². The molecule has 1 aliphatic carbocycles. The quantitative estimate of drug-likeness (QED) is 0.649. The fraction of sp³-hybridized carbons (Fsp3) is 0.400. The number of hydrogen-bond donors (Lipinski definition) is 1. The van der Waals surface area contributed by atoms with Crippen LogP contribution in [0.25, 0.3) is 10.9 Å². The summed E-state index contributed by atoms with van der Waals surface area (Å²) in [6, 6.07) is 5.98. The van der Waals surface area contributed by atoms with Gasteiger partial charge in [0.05, 0.1) is 12.1 Å². The van der Waals surface area contributed by atoms with Crippen LogP contribution in [-0.4, -0.2) is 36.2 Å². The number of aliphatic carboxylic acids is 1. The second-order valence-corrected chi connectivity index (χ2v) is 7.11. The molecule has 0 radical (unpaired) electrons. The lowest BCUT2D eigenvalue weighted by atomic mass is 10.1. The molecule has 0 amide bonds. The Labute approximate surface area is 156 Å². The van der Waals surface area contributed by atoms with Gasteiger partial charge in [0.25, 0.3) is 0 Å². The molecule has 1 N–H and O–H groups in total. The van der Waals surface area contributed by atoms with Crippen molar-refractivity contribution >= 4 is 22.7 Å². The van der Waals surface area contributed by atoms with Gasteiger partial charge in [0.2, 0.25) is 0 Å². The molecule has 2 heterocycles. The van der Waals surface area contributed by atoms with Crippen molar-refractivity contribution in [3.63, 3.8) is 0 Å². The molecule has 2 aromatic heterocycles. The number of rotatable bonds is 7. The van der Waals surface area contributed by atoms with Crippen molar-refractivity contribution < 1.29 is 14.7 Å². The summed E-state index contributed by atoms with van der Waals surface area (Å²) in [6.07, 6.45) is 4.80. The van der Waals surface area contributed by atoms with E-state index in [4.69, 9.17) is 0 Å². The Balaban J connectivity index is 1.81. The first-order chi connectivity index (χ1) is 13.0. The van der Waals surface area contributed by atoms with Gasteiger partial charge in [-0.25, -0.2) is 9.67 Å². The van der Waals surface area contributed by atoms with E-state index >= 15 is 0 Å². The predicted molar refractivity (Wildman–Crippen MR) is 100 cm³/mol. The number of fused-ring (bicyclic) bond motifs is 1. The molecule has 3 aromatic rings. The van der Waals surface area contributed by atoms with E-state index in [9.17, 15) is 14.7 Å². The van der Waals surface area contributed by atoms with E-state index < -0.39 is 5.97 Å². The zero-order valence-corrected chi connectivity index (χ0v) is 15.5. The molecule has 1 fully saturated rings. The van der Waals surface area contributed by atoms with Crippen LogP contribution in [0, 0.1) is 0 Å². The van der Waals surface area contributed by atoms with Gasteiger partial charge in [-0.1, -0.05) is 25.1 Å². The van der Waals surface area contributed by atoms with Crippen molar-refractivity contribution in [2.45, 2.75) is 52.1 Å². The molecular formula is C20H22N4O3. The highest BCUT2D eigenvalue weighted by molar-refractivity contribution is 6.07. The highest BCUT2D eigenvalue weighted by Gasteiger charge is 2.29. The average molecular weight is 366 g/mol. The lowest BCUT2D eigenvalue weighted by Gasteiger charge is -2.09. The summed E-state index contributed by atoms with van der Waals surface area (Å²) in [4.78, 5) is 28.0. The molecular weight excluding hydrogens is 344 g/mol. The minimum Gasteiger partial charge on any atom is -0.480 e. The van der Waals surface area contributed by atoms with Crippen LogP contribution in [0.3, 0.4) is 0 Å². The fourth-order valence-electron chi connectivity index (χ4n) is 3.56. The lowest BCUT2D eigenvalue weighted by molar-refractivity contribution is -0.137. The predicted octanol–water partition coefficient (Wildman–Crippen LogP) is 3.01. The monoisotopic (exact) mass is 366 g/mol. The number of carbonyl (C=O) groups excluding carboxylic acids is 1. The molecule has 1 saturated carbocycles. The Bertz CT molecular complexity index is 1040. The maximum absolute atomic E-state index is 12.1. The molecule has 0 spiro atoms. The Morgan fingerprint density at radius 3 is 2.70 bits per heavy atom. The Morgan fingerprint density at radius 1 is 1.30 bits per heavy atom. The van der Waals surface area contributed by atoms with Gasteiger partial charge in [-0.15, -0.1) is 0 Å². The average Bonchev–Trinajstić information content (AvgIpc) is 3.31. The summed E-state index contributed by atoms with van der Waals surface area (Å²) >= 11 is 0. The van der Waals surface area contributed by atoms with Crippen LogP contribution in [0.2, 0.25) is 0 Å². The van der Waals surface area contributed by atoms with Crippen LogP contribution in [0.4, 0.5) is 0 Å². The zero-order valence-electron chi connectivity index (χ0n) is 15.5. The molecule has 140 valence electrons. The lowest BCUT2D eigenvalue weighted by Crippen LogP contribution is -2.15. The van der Waals surface area contributed by atoms with Gasteiger partial charge in [0.15, 0.2) is 11.6 Å². The SMILES string of the molecule is CCc1cccc2c(C(C)=O)cn(Cc3nc(C4CC4)nn3CC(=O)O)c12. The first-order valence-corrected chi connectivity index (χ1v) is 9.25. The third-order valence-electron chi connectivity index (χ3n) is 5.05. The van der Waals surface area contributed by atoms with E-state index in [1.807, 2.05) is 22.9 Å². The number of aryl methyl sites for hydroxylation is 1. The standard InChI is InChI=1S/C20H22N4O3/c1-3-13-5-4-6-15-16(12(2)25)9-23(19(13)15)10-17-21-20(14-7-8-14)22-24(17)11-18(26)27/h4-6,9,14H,3,7-8,10-11H2,1-2H3,(H,26,27). The molecule has 27 heavy (non-hydrogen) atoms. The highest BCUT2D eigenvalue weighted by Crippen LogP contribution is 2.38. The first kappa shape index (κ1) is 17.5. The summed E-state index contributed by atoms with van der Waals surface area (Å²) in [7, 11) is 0. The van der Waals surface area contributed by atoms with E-state index in [1.165, 1.54) is 4.68 Å². The minimum atomic E-state index is -0.945. The van der Waals surface area contributed by atoms with Gasteiger partial charge in [-0.3, -0.25) is 9.59 Å². The van der Waals surface area contributed by atoms with E-state index in [2.05, 4.69) is 23.1 Å². The molecule has 0 saturated heterocycles. The maximum atomic E-state index is 12.1. The van der Waals surface area contributed by atoms with Crippen molar-refractivity contribution in [1.82, 2.24) is 19.3 Å². The number of para-hydroxylation sites is 1. The minimum absolute atomic E-state index is 0.0117. The number of nitrogens with zero attached hydrogens (tertiary/aromatic N) is 4. The molecule has 7 heteroatoms. The zero-order chi connectivity index (χ0) is 19.1. The van der Waals surface area contributed by atoms with E-state index in [0.717, 1.165) is 41.6 Å². The third kappa shape index (κ3) is 3.25. The van der Waals surface area contributed by atoms with Gasteiger partial charge in [0, 0.05) is 23.1 Å². The fourth-order valence-corrected chi connectivity index (χ4v) is 3.56. The van der Waals surface area contributed by atoms with Crippen LogP contribution < -0.4 is 0 Å². The van der Waals surface area contributed by atoms with Crippen LogP contribution in [0.1, 0.15) is 60.2 Å². The Kier molecular flexibility index (Phi) is 4.30. The molecule has 1 aliphatic rings. The van der Waals surface area contributed by atoms with E-state index in [1.54, 1.807) is 6.92 Å². The van der Waals surface area contributed by atoms with Crippen LogP contribution in [0.5, 0.6) is 0 Å². The molecule has 7 nitrogen and oxygen atoms in total. The number of ketones is 1. The van der Waals surface area contributed by atoms with E-state index in [-0.39, 0.29) is 12.3 Å². The van der Waals surface area contributed by atoms with Crippen molar-refractivity contribution in [1.29, 1.82) is 0 Å². The Morgan fingerprint density at radius 2 is 2.07 bits per heavy atom. The number of carboxylic acid groups (broad SMARTS) is 1. The van der Waals surface area contributed by atoms with Gasteiger partial charge in [-0.2, -0.15) is 5.10 Å². The summed E-state index contributed by atoms with van der Waals surface area (Å²) in [6.45, 7) is 3.82. The van der Waals surface area contributed by atoms with Crippen LogP contribution in [0.15, 0.2) is 24.4 Å². The second-order valence-electron chi connectivity index (χ2n) is 7.11. The van der Waals surface area contributed by atoms with Gasteiger partial charge >= 0.3 is 5.97 Å². The molecule has 1 aromatic carbocycles. The number of carboxylic acids is 1. The van der Waals surface area contributed by atoms with Crippen LogP contribution >= 0.6 is 0 Å². The highest BCUT2D eigenvalue weighted by atomic mass is 16.4. The van der Waals surface area contributed by atoms with Gasteiger partial charge in [0.1, 0.15) is 12.4 Å². The van der Waals surface area contributed by atoms with E-state index in [0.29, 0.717) is 23.9 Å². The maximum Gasteiger partial charge on any atom is 0.325 e. The normalized spacial score (nSPS) is 14.0. The molecule has 0 aliphatic heterocycles. The largest absolute Gasteiger partial charge is 0.480 e. The summed E-state index contributed by atoms with van der Waals surface area (Å²) in [5, 5.41) is 14.6. The molecule has 0 unspecified atom stereocenters. The molecule has 0 atom stereocenters. The number of carbonyl (C=O) groups is 2. The summed E-state index contributed by atoms with van der Waals surface area (Å²) in [5.74, 6) is 0.749. The smallest absolute Gasteiger partial charge is 0.325 e. The number of benzene rings is 1. The first-order valence-electron chi connectivity index (χ1n) is 9.25. The number of Topliss-reactive ketones (excluding diaryl/α,β-unsaturated/α-hetero) is 1.